The molecule has 170 valence electrons. The Hall–Kier alpha value is -3.62. The molecule has 9 heteroatoms. The fraction of sp³-hybridized carbons (Fsp3) is 0.391. The van der Waals surface area contributed by atoms with Gasteiger partial charge in [0.05, 0.1) is 37.8 Å². The maximum absolute atomic E-state index is 13.1. The van der Waals surface area contributed by atoms with Crippen LogP contribution in [0, 0.1) is 5.92 Å². The Morgan fingerprint density at radius 3 is 2.78 bits per heavy atom. The summed E-state index contributed by atoms with van der Waals surface area (Å²) < 4.78 is 10.1. The standard InChI is InChI=1S/C23H28N4O5/c1-2-32-22(29)13-20(18-9-11-31-15-18)26-21(28)12-17-4-3-10-27(23(17)30)19-7-5-16(6-8-19)14-25-24/h5-9,11,14-15,17,20H,2-4,10,12-13,24H2,1H3,(H,26,28)/t17?,20-/m0/s1. The van der Waals surface area contributed by atoms with Crippen LogP contribution in [0.25, 0.3) is 0 Å². The first-order valence-corrected chi connectivity index (χ1v) is 10.6. The van der Waals surface area contributed by atoms with Crippen molar-refractivity contribution in [2.45, 2.75) is 38.6 Å². The van der Waals surface area contributed by atoms with Crippen LogP contribution in [0.3, 0.4) is 0 Å². The van der Waals surface area contributed by atoms with Crippen LogP contribution < -0.4 is 16.1 Å². The van der Waals surface area contributed by atoms with Crippen molar-refractivity contribution in [3.05, 3.63) is 54.0 Å². The minimum Gasteiger partial charge on any atom is -0.472 e. The number of esters is 1. The number of nitrogens with two attached hydrogens (primary N) is 1. The Bertz CT molecular complexity index is 940. The minimum absolute atomic E-state index is 0.0116. The maximum atomic E-state index is 13.1. The SMILES string of the molecule is CCOC(=O)C[C@H](NC(=O)CC1CCCN(c2ccc(C=NN)cc2)C1=O)c1ccoc1. The number of rotatable bonds is 9. The highest BCUT2D eigenvalue weighted by molar-refractivity contribution is 5.98. The maximum Gasteiger partial charge on any atom is 0.308 e. The fourth-order valence-electron chi connectivity index (χ4n) is 3.81. The van der Waals surface area contributed by atoms with Crippen molar-refractivity contribution < 1.29 is 23.5 Å². The molecule has 3 rings (SSSR count). The smallest absolute Gasteiger partial charge is 0.308 e. The van der Waals surface area contributed by atoms with Crippen molar-refractivity contribution in [3.8, 4) is 0 Å². The lowest BCUT2D eigenvalue weighted by molar-refractivity contribution is -0.144. The van der Waals surface area contributed by atoms with E-state index in [-0.39, 0.29) is 31.3 Å². The number of carbonyl (C=O) groups is 3. The van der Waals surface area contributed by atoms with Crippen molar-refractivity contribution >= 4 is 29.7 Å². The van der Waals surface area contributed by atoms with Crippen molar-refractivity contribution in [2.75, 3.05) is 18.1 Å². The molecule has 0 radical (unpaired) electrons. The summed E-state index contributed by atoms with van der Waals surface area (Å²) >= 11 is 0. The van der Waals surface area contributed by atoms with E-state index >= 15 is 0 Å². The van der Waals surface area contributed by atoms with Gasteiger partial charge >= 0.3 is 5.97 Å². The van der Waals surface area contributed by atoms with E-state index in [9.17, 15) is 14.4 Å². The third kappa shape index (κ3) is 5.96. The lowest BCUT2D eigenvalue weighted by atomic mass is 9.92. The molecule has 2 atom stereocenters. The van der Waals surface area contributed by atoms with Crippen molar-refractivity contribution in [3.63, 3.8) is 0 Å². The third-order valence-corrected chi connectivity index (χ3v) is 5.37. The first kappa shape index (κ1) is 23.1. The predicted molar refractivity (Wildman–Crippen MR) is 119 cm³/mol. The summed E-state index contributed by atoms with van der Waals surface area (Å²) in [5.41, 5.74) is 2.28. The van der Waals surface area contributed by atoms with Gasteiger partial charge in [-0.15, -0.1) is 0 Å². The molecule has 3 N–H and O–H groups in total. The van der Waals surface area contributed by atoms with Crippen molar-refractivity contribution in [1.82, 2.24) is 5.32 Å². The Labute approximate surface area is 186 Å². The molecule has 0 saturated carbocycles. The third-order valence-electron chi connectivity index (χ3n) is 5.37. The quantitative estimate of drug-likeness (QED) is 0.267. The van der Waals surface area contributed by atoms with E-state index in [1.165, 1.54) is 18.7 Å². The summed E-state index contributed by atoms with van der Waals surface area (Å²) in [5, 5.41) is 6.35. The van der Waals surface area contributed by atoms with Crippen LogP contribution in [0.2, 0.25) is 0 Å². The Balaban J connectivity index is 1.63. The molecule has 1 aromatic heterocycles. The molecule has 1 fully saturated rings. The number of piperidine rings is 1. The van der Waals surface area contributed by atoms with Crippen molar-refractivity contribution in [1.29, 1.82) is 0 Å². The van der Waals surface area contributed by atoms with Gasteiger partial charge in [0.15, 0.2) is 0 Å². The second kappa shape index (κ2) is 11.1. The molecular weight excluding hydrogens is 412 g/mol. The summed E-state index contributed by atoms with van der Waals surface area (Å²) in [7, 11) is 0. The van der Waals surface area contributed by atoms with Gasteiger partial charge in [0.25, 0.3) is 0 Å². The van der Waals surface area contributed by atoms with E-state index in [1.807, 2.05) is 24.3 Å². The average molecular weight is 441 g/mol. The average Bonchev–Trinajstić information content (AvgIpc) is 3.31. The summed E-state index contributed by atoms with van der Waals surface area (Å²) in [6, 6.07) is 8.46. The van der Waals surface area contributed by atoms with Gasteiger partial charge in [0.1, 0.15) is 0 Å². The number of nitrogens with zero attached hydrogens (tertiary/aromatic N) is 2. The van der Waals surface area contributed by atoms with Gasteiger partial charge in [-0.1, -0.05) is 12.1 Å². The summed E-state index contributed by atoms with van der Waals surface area (Å²) in [4.78, 5) is 39.5. The number of furan rings is 1. The first-order valence-electron chi connectivity index (χ1n) is 10.6. The Morgan fingerprint density at radius 1 is 1.34 bits per heavy atom. The van der Waals surface area contributed by atoms with Crippen LogP contribution in [-0.4, -0.2) is 37.1 Å². The molecule has 2 amide bonds. The molecule has 1 aromatic carbocycles. The Kier molecular flexibility index (Phi) is 8.02. The molecular formula is C23H28N4O5. The van der Waals surface area contributed by atoms with Gasteiger partial charge in [-0.05, 0) is 43.5 Å². The highest BCUT2D eigenvalue weighted by Crippen LogP contribution is 2.27. The number of hydrogen-bond donors (Lipinski definition) is 2. The van der Waals surface area contributed by atoms with Crippen LogP contribution in [-0.2, 0) is 19.1 Å². The van der Waals surface area contributed by atoms with E-state index in [0.29, 0.717) is 18.5 Å². The van der Waals surface area contributed by atoms with Gasteiger partial charge in [-0.3, -0.25) is 14.4 Å². The Morgan fingerprint density at radius 2 is 2.12 bits per heavy atom. The minimum atomic E-state index is -0.577. The first-order chi connectivity index (χ1) is 15.5. The number of ether oxygens (including phenoxy) is 1. The normalized spacial score (nSPS) is 17.3. The number of nitrogens with one attached hydrogen (secondary N) is 1. The number of hydrogen-bond acceptors (Lipinski definition) is 7. The second-order valence-electron chi connectivity index (χ2n) is 7.59. The molecule has 1 aliphatic heterocycles. The predicted octanol–water partition coefficient (Wildman–Crippen LogP) is 2.52. The van der Waals surface area contributed by atoms with E-state index in [1.54, 1.807) is 17.9 Å². The molecule has 1 aliphatic rings. The number of amides is 2. The second-order valence-corrected chi connectivity index (χ2v) is 7.59. The molecule has 1 saturated heterocycles. The zero-order valence-electron chi connectivity index (χ0n) is 18.0. The number of anilines is 1. The topological polar surface area (TPSA) is 127 Å². The van der Waals surface area contributed by atoms with E-state index < -0.39 is 17.9 Å². The van der Waals surface area contributed by atoms with Crippen LogP contribution >= 0.6 is 0 Å². The molecule has 0 spiro atoms. The van der Waals surface area contributed by atoms with Gasteiger partial charge in [0, 0.05) is 30.1 Å². The zero-order chi connectivity index (χ0) is 22.9. The number of benzene rings is 1. The largest absolute Gasteiger partial charge is 0.472 e. The lowest BCUT2D eigenvalue weighted by Gasteiger charge is -2.32. The van der Waals surface area contributed by atoms with Crippen LogP contribution in [0.15, 0.2) is 52.4 Å². The van der Waals surface area contributed by atoms with Gasteiger partial charge in [-0.2, -0.15) is 5.10 Å². The number of carbonyl (C=O) groups excluding carboxylic acids is 3. The van der Waals surface area contributed by atoms with Crippen LogP contribution in [0.4, 0.5) is 5.69 Å². The van der Waals surface area contributed by atoms with E-state index in [4.69, 9.17) is 15.0 Å². The van der Waals surface area contributed by atoms with Gasteiger partial charge in [0.2, 0.25) is 11.8 Å². The van der Waals surface area contributed by atoms with Gasteiger partial charge < -0.3 is 25.2 Å². The fourth-order valence-corrected chi connectivity index (χ4v) is 3.81. The monoisotopic (exact) mass is 440 g/mol. The van der Waals surface area contributed by atoms with E-state index in [2.05, 4.69) is 10.4 Å². The van der Waals surface area contributed by atoms with Gasteiger partial charge in [-0.25, -0.2) is 0 Å². The molecule has 9 nitrogen and oxygen atoms in total. The molecule has 1 unspecified atom stereocenters. The highest BCUT2D eigenvalue weighted by Gasteiger charge is 2.32. The molecule has 2 heterocycles. The zero-order valence-corrected chi connectivity index (χ0v) is 18.0. The molecule has 2 aromatic rings. The van der Waals surface area contributed by atoms with Crippen LogP contribution in [0.1, 0.15) is 49.8 Å². The number of hydrazone groups is 1. The summed E-state index contributed by atoms with van der Waals surface area (Å²) in [6.07, 6.45) is 5.95. The summed E-state index contributed by atoms with van der Waals surface area (Å²) in [5.74, 6) is 3.94. The van der Waals surface area contributed by atoms with E-state index in [0.717, 1.165) is 17.7 Å². The lowest BCUT2D eigenvalue weighted by Crippen LogP contribution is -2.43. The highest BCUT2D eigenvalue weighted by atomic mass is 16.5. The van der Waals surface area contributed by atoms with Crippen LogP contribution in [0.5, 0.6) is 0 Å². The molecule has 32 heavy (non-hydrogen) atoms. The molecule has 0 aliphatic carbocycles. The molecule has 0 bridgehead atoms. The summed E-state index contributed by atoms with van der Waals surface area (Å²) in [6.45, 7) is 2.59. The van der Waals surface area contributed by atoms with Crippen molar-refractivity contribution in [2.24, 2.45) is 16.9 Å².